The minimum Gasteiger partial charge on any atom is -0.385 e. The van der Waals surface area contributed by atoms with Crippen LogP contribution in [0, 0.1) is 46.7 Å². The van der Waals surface area contributed by atoms with Gasteiger partial charge in [-0.2, -0.15) is 0 Å². The van der Waals surface area contributed by atoms with E-state index >= 15 is 0 Å². The molecule has 6 atom stereocenters. The van der Waals surface area contributed by atoms with Crippen molar-refractivity contribution >= 4 is 11.6 Å². The lowest BCUT2D eigenvalue weighted by Gasteiger charge is -2.58. The van der Waals surface area contributed by atoms with E-state index in [1.165, 1.54) is 17.7 Å². The maximum Gasteiger partial charge on any atom is 0.261 e. The number of nitrogens with one attached hydrogen (secondary N) is 1. The molecule has 4 aliphatic carbocycles. The summed E-state index contributed by atoms with van der Waals surface area (Å²) in [6.07, 6.45) is 15.9. The van der Waals surface area contributed by atoms with Crippen LogP contribution < -0.4 is 5.32 Å². The molecule has 0 unspecified atom stereocenters. The van der Waals surface area contributed by atoms with E-state index in [1.54, 1.807) is 12.1 Å². The molecule has 0 heterocycles. The number of aliphatic hydroxyl groups is 1. The molecule has 3 fully saturated rings. The minimum atomic E-state index is -0.964. The van der Waals surface area contributed by atoms with Crippen LogP contribution in [0.15, 0.2) is 41.1 Å². The highest BCUT2D eigenvalue weighted by atomic mass is 19.1. The molecule has 0 aliphatic heterocycles. The molecule has 1 aromatic rings. The van der Waals surface area contributed by atoms with Gasteiger partial charge in [0.25, 0.3) is 5.91 Å². The zero-order valence-corrected chi connectivity index (χ0v) is 21.4. The highest BCUT2D eigenvalue weighted by molar-refractivity contribution is 5.96. The quantitative estimate of drug-likeness (QED) is 0.442. The monoisotopic (exact) mass is 492 g/mol. The van der Waals surface area contributed by atoms with E-state index in [0.29, 0.717) is 24.3 Å². The number of halogens is 1. The summed E-state index contributed by atoms with van der Waals surface area (Å²) >= 11 is 0. The largest absolute Gasteiger partial charge is 0.385 e. The topological polar surface area (TPSA) is 70.9 Å². The molecular weight excluding hydrogens is 455 g/mol. The van der Waals surface area contributed by atoms with Crippen molar-refractivity contribution in [2.75, 3.05) is 6.61 Å². The van der Waals surface area contributed by atoms with Crippen molar-refractivity contribution in [2.45, 2.75) is 77.4 Å². The average Bonchev–Trinajstić information content (AvgIpc) is 3.15. The van der Waals surface area contributed by atoms with Crippen molar-refractivity contribution in [1.29, 1.82) is 0 Å². The second-order valence-corrected chi connectivity index (χ2v) is 11.8. The molecule has 4 aliphatic rings. The van der Waals surface area contributed by atoms with Crippen LogP contribution in [0.3, 0.4) is 0 Å². The number of carbonyl (C=O) groups excluding carboxylic acids is 1. The van der Waals surface area contributed by atoms with Gasteiger partial charge in [-0.1, -0.05) is 42.6 Å². The summed E-state index contributed by atoms with van der Waals surface area (Å²) in [5.74, 6) is 3.91. The van der Waals surface area contributed by atoms with E-state index in [4.69, 9.17) is 11.3 Å². The summed E-state index contributed by atoms with van der Waals surface area (Å²) in [5, 5.41) is 18.2. The molecule has 192 valence electrons. The molecule has 0 bridgehead atoms. The summed E-state index contributed by atoms with van der Waals surface area (Å²) in [6, 6.07) is 6.04. The lowest BCUT2D eigenvalue weighted by Crippen LogP contribution is -2.54. The van der Waals surface area contributed by atoms with Gasteiger partial charge in [-0.05, 0) is 98.3 Å². The van der Waals surface area contributed by atoms with Gasteiger partial charge in [0, 0.05) is 12.0 Å². The fourth-order valence-electron chi connectivity index (χ4n) is 7.92. The lowest BCUT2D eigenvalue weighted by atomic mass is 9.46. The molecule has 0 radical (unpaired) electrons. The third kappa shape index (κ3) is 4.16. The van der Waals surface area contributed by atoms with E-state index in [0.717, 1.165) is 62.6 Å². The van der Waals surface area contributed by atoms with Crippen LogP contribution in [0.4, 0.5) is 4.39 Å². The van der Waals surface area contributed by atoms with Gasteiger partial charge in [0.05, 0.1) is 5.71 Å². The highest BCUT2D eigenvalue weighted by Crippen LogP contribution is 2.67. The molecule has 2 N–H and O–H groups in total. The Morgan fingerprint density at radius 1 is 1.17 bits per heavy atom. The van der Waals surface area contributed by atoms with Crippen molar-refractivity contribution < 1.29 is 19.1 Å². The molecule has 1 amide bonds. The molecule has 0 spiro atoms. The Morgan fingerprint density at radius 3 is 2.67 bits per heavy atom. The fraction of sp³-hybridized carbons (Fsp3) is 0.600. The van der Waals surface area contributed by atoms with Crippen LogP contribution >= 0.6 is 0 Å². The molecule has 36 heavy (non-hydrogen) atoms. The molecule has 3 saturated carbocycles. The van der Waals surface area contributed by atoms with E-state index in [2.05, 4.69) is 36.3 Å². The Hall–Kier alpha value is -2.65. The molecule has 5 rings (SSSR count). The lowest BCUT2D eigenvalue weighted by molar-refractivity contribution is -0.125. The first-order valence-electron chi connectivity index (χ1n) is 13.3. The van der Waals surface area contributed by atoms with E-state index < -0.39 is 5.60 Å². The molecule has 6 heteroatoms. The summed E-state index contributed by atoms with van der Waals surface area (Å²) in [7, 11) is 0. The standard InChI is InChI=1S/C30H37FN2O3/c1-4-30(35)16-13-26-24-10-7-21-17-23(11-14-28(21,2)25(24)12-15-29(26,30)3)33-36-19-27(34)32-18-20-5-8-22(31)9-6-20/h1,5-6,8-9,17,24-26,35H,7,10-16,18-19H2,2-3H3,(H,32,34)/t24-,25+,26+,28-,29+,30+/m0/s1. The molecule has 0 saturated heterocycles. The van der Waals surface area contributed by atoms with E-state index in [-0.39, 0.29) is 29.2 Å². The van der Waals surface area contributed by atoms with E-state index in [9.17, 15) is 14.3 Å². The van der Waals surface area contributed by atoms with Gasteiger partial charge in [-0.25, -0.2) is 4.39 Å². The fourth-order valence-corrected chi connectivity index (χ4v) is 7.92. The predicted molar refractivity (Wildman–Crippen MR) is 137 cm³/mol. The molecule has 5 nitrogen and oxygen atoms in total. The van der Waals surface area contributed by atoms with Gasteiger partial charge in [-0.15, -0.1) is 6.42 Å². The van der Waals surface area contributed by atoms with Crippen LogP contribution in [0.2, 0.25) is 0 Å². The number of oxime groups is 1. The Balaban J connectivity index is 1.19. The van der Waals surface area contributed by atoms with Crippen molar-refractivity contribution in [2.24, 2.45) is 33.7 Å². The second kappa shape index (κ2) is 9.34. The number of fused-ring (bicyclic) bond motifs is 5. The normalized spacial score (nSPS) is 38.2. The zero-order chi connectivity index (χ0) is 25.6. The second-order valence-electron chi connectivity index (χ2n) is 11.8. The Kier molecular flexibility index (Phi) is 6.49. The number of allylic oxidation sites excluding steroid dienone is 2. The van der Waals surface area contributed by atoms with Gasteiger partial charge < -0.3 is 15.3 Å². The van der Waals surface area contributed by atoms with Gasteiger partial charge in [0.2, 0.25) is 0 Å². The van der Waals surface area contributed by atoms with Crippen LogP contribution in [-0.2, 0) is 16.2 Å². The zero-order valence-electron chi connectivity index (χ0n) is 21.4. The predicted octanol–water partition coefficient (Wildman–Crippen LogP) is 5.14. The first-order valence-corrected chi connectivity index (χ1v) is 13.3. The van der Waals surface area contributed by atoms with Gasteiger partial charge in [0.15, 0.2) is 6.61 Å². The third-order valence-corrected chi connectivity index (χ3v) is 10.1. The van der Waals surface area contributed by atoms with Gasteiger partial charge >= 0.3 is 0 Å². The Labute approximate surface area is 213 Å². The summed E-state index contributed by atoms with van der Waals surface area (Å²) < 4.78 is 13.0. The average molecular weight is 493 g/mol. The summed E-state index contributed by atoms with van der Waals surface area (Å²) in [4.78, 5) is 17.5. The van der Waals surface area contributed by atoms with Crippen molar-refractivity contribution in [3.8, 4) is 12.3 Å². The number of terminal acetylenes is 1. The van der Waals surface area contributed by atoms with Crippen molar-refractivity contribution in [1.82, 2.24) is 5.32 Å². The minimum absolute atomic E-state index is 0.145. The maximum absolute atomic E-state index is 13.0. The summed E-state index contributed by atoms with van der Waals surface area (Å²) in [5.41, 5.74) is 2.18. The molecule has 0 aromatic heterocycles. The molecule has 1 aromatic carbocycles. The number of carbonyl (C=O) groups is 1. The van der Waals surface area contributed by atoms with Crippen LogP contribution in [0.1, 0.15) is 70.8 Å². The number of hydrogen-bond donors (Lipinski definition) is 2. The third-order valence-electron chi connectivity index (χ3n) is 10.1. The number of nitrogens with zero attached hydrogens (tertiary/aromatic N) is 1. The Bertz CT molecular complexity index is 1120. The SMILES string of the molecule is C#C[C@@]1(O)CC[C@@H]2[C@H]3CCC4=CC(=NOCC(=O)NCc5ccc(F)cc5)CC[C@]4(C)[C@@H]3CC[C@]21C. The number of benzene rings is 1. The van der Waals surface area contributed by atoms with E-state index in [1.807, 2.05) is 0 Å². The smallest absolute Gasteiger partial charge is 0.261 e. The number of hydrogen-bond acceptors (Lipinski definition) is 4. The van der Waals surface area contributed by atoms with Gasteiger partial charge in [-0.3, -0.25) is 4.79 Å². The molecular formula is C30H37FN2O3. The van der Waals surface area contributed by atoms with Crippen LogP contribution in [-0.4, -0.2) is 28.9 Å². The Morgan fingerprint density at radius 2 is 1.92 bits per heavy atom. The highest BCUT2D eigenvalue weighted by Gasteiger charge is 2.63. The van der Waals surface area contributed by atoms with Crippen molar-refractivity contribution in [3.05, 3.63) is 47.3 Å². The van der Waals surface area contributed by atoms with Crippen molar-refractivity contribution in [3.63, 3.8) is 0 Å². The van der Waals surface area contributed by atoms with Crippen LogP contribution in [0.25, 0.3) is 0 Å². The number of rotatable bonds is 5. The van der Waals surface area contributed by atoms with Crippen LogP contribution in [0.5, 0.6) is 0 Å². The maximum atomic E-state index is 13.0. The first-order chi connectivity index (χ1) is 17.2. The van der Waals surface area contributed by atoms with Gasteiger partial charge in [0.1, 0.15) is 11.4 Å². The summed E-state index contributed by atoms with van der Waals surface area (Å²) in [6.45, 7) is 4.82. The first kappa shape index (κ1) is 25.0. The number of amides is 1.